The molecule has 2 unspecified atom stereocenters. The number of hydrogen-bond acceptors (Lipinski definition) is 5. The molecule has 2 aliphatic heterocycles. The van der Waals surface area contributed by atoms with Crippen LogP contribution in [0.4, 0.5) is 4.79 Å². The van der Waals surface area contributed by atoms with E-state index in [2.05, 4.69) is 4.90 Å². The van der Waals surface area contributed by atoms with Gasteiger partial charge in [-0.05, 0) is 20.4 Å². The molecular formula is C10H17ClN2O3. The fourth-order valence-electron chi connectivity index (χ4n) is 2.44. The Balaban J connectivity index is 1.90. The van der Waals surface area contributed by atoms with Gasteiger partial charge in [0.2, 0.25) is 0 Å². The molecule has 2 heterocycles. The van der Waals surface area contributed by atoms with E-state index < -0.39 is 6.16 Å². The Bertz CT molecular complexity index is 289. The Hall–Kier alpha value is -0.520. The highest BCUT2D eigenvalue weighted by atomic mass is 35.5. The molecule has 2 atom stereocenters. The summed E-state index contributed by atoms with van der Waals surface area (Å²) >= 11 is 6.50. The van der Waals surface area contributed by atoms with Gasteiger partial charge in [0.1, 0.15) is 0 Å². The van der Waals surface area contributed by atoms with Crippen molar-refractivity contribution in [3.05, 3.63) is 0 Å². The molecule has 0 aromatic heterocycles. The minimum Gasteiger partial charge on any atom is -0.433 e. The number of halogens is 1. The third kappa shape index (κ3) is 2.12. The van der Waals surface area contributed by atoms with Gasteiger partial charge >= 0.3 is 6.16 Å². The zero-order chi connectivity index (χ0) is 11.8. The molecule has 5 nitrogen and oxygen atoms in total. The van der Waals surface area contributed by atoms with Gasteiger partial charge in [-0.25, -0.2) is 4.79 Å². The van der Waals surface area contributed by atoms with Crippen LogP contribution in [-0.2, 0) is 9.57 Å². The molecule has 16 heavy (non-hydrogen) atoms. The van der Waals surface area contributed by atoms with E-state index in [9.17, 15) is 4.79 Å². The van der Waals surface area contributed by atoms with E-state index in [0.29, 0.717) is 19.7 Å². The molecule has 2 rings (SSSR count). The Morgan fingerprint density at radius 1 is 1.62 bits per heavy atom. The molecule has 0 aromatic rings. The second kappa shape index (κ2) is 4.39. The van der Waals surface area contributed by atoms with Crippen LogP contribution in [0, 0.1) is 0 Å². The van der Waals surface area contributed by atoms with E-state index >= 15 is 0 Å². The second-order valence-corrected chi connectivity index (χ2v) is 5.13. The van der Waals surface area contributed by atoms with E-state index in [1.165, 1.54) is 0 Å². The van der Waals surface area contributed by atoms with Crippen molar-refractivity contribution in [2.24, 2.45) is 0 Å². The lowest BCUT2D eigenvalue weighted by Gasteiger charge is -2.21. The zero-order valence-corrected chi connectivity index (χ0v) is 10.4. The number of hydrogen-bond donors (Lipinski definition) is 0. The van der Waals surface area contributed by atoms with Crippen LogP contribution in [0.1, 0.15) is 13.3 Å². The Morgan fingerprint density at radius 2 is 2.38 bits per heavy atom. The number of ether oxygens (including phenoxy) is 1. The van der Waals surface area contributed by atoms with Crippen LogP contribution in [0.2, 0.25) is 0 Å². The minimum atomic E-state index is -0.648. The maximum Gasteiger partial charge on any atom is 0.527 e. The molecule has 2 fully saturated rings. The highest BCUT2D eigenvalue weighted by molar-refractivity contribution is 6.25. The summed E-state index contributed by atoms with van der Waals surface area (Å²) in [6, 6.07) is 0.253. The minimum absolute atomic E-state index is 0.253. The highest BCUT2D eigenvalue weighted by Gasteiger charge is 2.52. The second-order valence-electron chi connectivity index (χ2n) is 4.38. The van der Waals surface area contributed by atoms with Gasteiger partial charge in [0.05, 0.1) is 24.6 Å². The van der Waals surface area contributed by atoms with Gasteiger partial charge in [-0.15, -0.1) is 16.7 Å². The van der Waals surface area contributed by atoms with E-state index in [1.54, 1.807) is 12.0 Å². The first-order chi connectivity index (χ1) is 7.55. The average Bonchev–Trinajstić information content (AvgIpc) is 2.64. The lowest BCUT2D eigenvalue weighted by Crippen LogP contribution is -2.37. The summed E-state index contributed by atoms with van der Waals surface area (Å²) in [4.78, 5) is 18.2. The van der Waals surface area contributed by atoms with Gasteiger partial charge in [0, 0.05) is 12.6 Å². The van der Waals surface area contributed by atoms with Crippen molar-refractivity contribution in [2.75, 3.05) is 33.3 Å². The third-order valence-electron chi connectivity index (χ3n) is 3.29. The fraction of sp³-hybridized carbons (Fsp3) is 0.900. The number of carbonyl (C=O) groups is 1. The molecule has 0 bridgehead atoms. The van der Waals surface area contributed by atoms with E-state index in [-0.39, 0.29) is 10.9 Å². The van der Waals surface area contributed by atoms with Crippen molar-refractivity contribution in [3.8, 4) is 0 Å². The molecule has 0 radical (unpaired) electrons. The van der Waals surface area contributed by atoms with Crippen molar-refractivity contribution in [3.63, 3.8) is 0 Å². The SMILES string of the molecule is CCOC(=O)ON1CC2N(C)CCC2(Cl)C1. The number of carbonyl (C=O) groups excluding carboxylic acids is 1. The van der Waals surface area contributed by atoms with Crippen LogP contribution < -0.4 is 0 Å². The predicted molar refractivity (Wildman–Crippen MR) is 59.3 cm³/mol. The Kier molecular flexibility index (Phi) is 3.28. The summed E-state index contributed by atoms with van der Waals surface area (Å²) in [7, 11) is 2.04. The number of likely N-dealkylation sites (N-methyl/N-ethyl adjacent to an activating group) is 1. The first kappa shape index (κ1) is 12.0. The van der Waals surface area contributed by atoms with E-state index in [4.69, 9.17) is 21.2 Å². The summed E-state index contributed by atoms with van der Waals surface area (Å²) in [5.41, 5.74) is 0. The number of rotatable bonds is 2. The molecule has 0 aliphatic carbocycles. The lowest BCUT2D eigenvalue weighted by atomic mass is 10.0. The van der Waals surface area contributed by atoms with Gasteiger partial charge in [-0.2, -0.15) is 0 Å². The monoisotopic (exact) mass is 248 g/mol. The number of hydroxylamine groups is 2. The van der Waals surface area contributed by atoms with Gasteiger partial charge in [-0.3, -0.25) is 0 Å². The van der Waals surface area contributed by atoms with Crippen molar-refractivity contribution in [1.29, 1.82) is 0 Å². The maximum atomic E-state index is 11.2. The predicted octanol–water partition coefficient (Wildman–Crippen LogP) is 1.07. The van der Waals surface area contributed by atoms with Gasteiger partial charge in [-0.1, -0.05) is 0 Å². The van der Waals surface area contributed by atoms with E-state index in [0.717, 1.165) is 13.0 Å². The number of nitrogens with zero attached hydrogens (tertiary/aromatic N) is 2. The molecule has 92 valence electrons. The molecule has 6 heteroatoms. The van der Waals surface area contributed by atoms with Crippen LogP contribution in [0.3, 0.4) is 0 Å². The molecule has 0 saturated carbocycles. The molecule has 2 aliphatic rings. The van der Waals surface area contributed by atoms with Crippen LogP contribution in [0.15, 0.2) is 0 Å². The zero-order valence-electron chi connectivity index (χ0n) is 9.61. The maximum absolute atomic E-state index is 11.2. The number of likely N-dealkylation sites (tertiary alicyclic amines) is 1. The average molecular weight is 249 g/mol. The van der Waals surface area contributed by atoms with Crippen LogP contribution in [0.25, 0.3) is 0 Å². The molecule has 2 saturated heterocycles. The topological polar surface area (TPSA) is 42.0 Å². The first-order valence-electron chi connectivity index (χ1n) is 5.54. The molecule has 0 amide bonds. The van der Waals surface area contributed by atoms with Crippen molar-refractivity contribution < 1.29 is 14.4 Å². The number of fused-ring (bicyclic) bond motifs is 1. The van der Waals surface area contributed by atoms with Crippen LogP contribution >= 0.6 is 11.6 Å². The summed E-state index contributed by atoms with van der Waals surface area (Å²) in [5, 5.41) is 1.60. The van der Waals surface area contributed by atoms with E-state index in [1.807, 2.05) is 7.05 Å². The van der Waals surface area contributed by atoms with Gasteiger partial charge < -0.3 is 14.5 Å². The third-order valence-corrected chi connectivity index (χ3v) is 3.85. The highest BCUT2D eigenvalue weighted by Crippen LogP contribution is 2.39. The molecule has 0 spiro atoms. The van der Waals surface area contributed by atoms with Crippen LogP contribution in [-0.4, -0.2) is 60.3 Å². The first-order valence-corrected chi connectivity index (χ1v) is 5.92. The smallest absolute Gasteiger partial charge is 0.433 e. The molecule has 0 aromatic carbocycles. The fourth-order valence-corrected chi connectivity index (χ4v) is 2.89. The number of alkyl halides is 1. The van der Waals surface area contributed by atoms with Crippen molar-refractivity contribution in [2.45, 2.75) is 24.3 Å². The molecular weight excluding hydrogens is 232 g/mol. The van der Waals surface area contributed by atoms with Gasteiger partial charge in [0.15, 0.2) is 0 Å². The Labute approximate surface area is 100 Å². The van der Waals surface area contributed by atoms with Crippen molar-refractivity contribution in [1.82, 2.24) is 9.96 Å². The normalized spacial score (nSPS) is 35.1. The summed E-state index contributed by atoms with van der Waals surface area (Å²) in [6.45, 7) is 4.29. The molecule has 0 N–H and O–H groups in total. The lowest BCUT2D eigenvalue weighted by molar-refractivity contribution is -0.116. The van der Waals surface area contributed by atoms with Crippen LogP contribution in [0.5, 0.6) is 0 Å². The summed E-state index contributed by atoms with van der Waals surface area (Å²) in [6.07, 6.45) is 0.281. The van der Waals surface area contributed by atoms with Crippen molar-refractivity contribution >= 4 is 17.8 Å². The largest absolute Gasteiger partial charge is 0.527 e. The quantitative estimate of drug-likeness (QED) is 0.540. The summed E-state index contributed by atoms with van der Waals surface area (Å²) in [5.74, 6) is 0. The standard InChI is InChI=1S/C10H17ClN2O3/c1-3-15-9(14)16-13-6-8-10(11,7-13)4-5-12(8)2/h8H,3-7H2,1-2H3. The van der Waals surface area contributed by atoms with Gasteiger partial charge in [0.25, 0.3) is 0 Å². The summed E-state index contributed by atoms with van der Waals surface area (Å²) < 4.78 is 4.73. The Morgan fingerprint density at radius 3 is 3.00 bits per heavy atom.